The van der Waals surface area contributed by atoms with Crippen LogP contribution in [0.2, 0.25) is 0 Å². The first-order chi connectivity index (χ1) is 13.5. The number of nitrogens with one attached hydrogen (secondary N) is 1. The number of benzene rings is 2. The predicted octanol–water partition coefficient (Wildman–Crippen LogP) is 3.97. The summed E-state index contributed by atoms with van der Waals surface area (Å²) < 4.78 is 7.61. The number of H-pyrrole nitrogens is 1. The second-order valence-electron chi connectivity index (χ2n) is 6.63. The van der Waals surface area contributed by atoms with Gasteiger partial charge in [-0.3, -0.25) is 14.5 Å². The quantitative estimate of drug-likeness (QED) is 0.614. The minimum atomic E-state index is -0.0368. The molecule has 146 valence electrons. The van der Waals surface area contributed by atoms with E-state index in [1.807, 2.05) is 62.4 Å². The maximum atomic E-state index is 12.8. The molecule has 0 saturated heterocycles. The number of hydrogen-bond donors (Lipinski definition) is 1. The van der Waals surface area contributed by atoms with Crippen LogP contribution in [0.5, 0.6) is 5.75 Å². The van der Waals surface area contributed by atoms with E-state index in [0.29, 0.717) is 23.7 Å². The molecule has 3 rings (SSSR count). The highest BCUT2D eigenvalue weighted by Gasteiger charge is 2.15. The average Bonchev–Trinajstić information content (AvgIpc) is 3.05. The summed E-state index contributed by atoms with van der Waals surface area (Å²) in [7, 11) is 1.79. The van der Waals surface area contributed by atoms with Crippen LogP contribution in [0.15, 0.2) is 48.5 Å². The van der Waals surface area contributed by atoms with Gasteiger partial charge in [-0.1, -0.05) is 29.8 Å². The maximum Gasteiger partial charge on any atom is 0.242 e. The van der Waals surface area contributed by atoms with Crippen molar-refractivity contribution in [3.63, 3.8) is 0 Å². The van der Waals surface area contributed by atoms with Crippen LogP contribution in [0.25, 0.3) is 11.4 Å². The second-order valence-corrected chi connectivity index (χ2v) is 7.02. The Bertz CT molecular complexity index is 990. The van der Waals surface area contributed by atoms with Crippen molar-refractivity contribution in [2.24, 2.45) is 0 Å². The van der Waals surface area contributed by atoms with Gasteiger partial charge in [0.25, 0.3) is 0 Å². The van der Waals surface area contributed by atoms with Crippen molar-refractivity contribution in [3.8, 4) is 17.1 Å². The molecule has 0 aliphatic heterocycles. The van der Waals surface area contributed by atoms with Crippen molar-refractivity contribution in [3.05, 3.63) is 64.4 Å². The minimum absolute atomic E-state index is 0.0368. The third kappa shape index (κ3) is 4.67. The number of aromatic amines is 1. The highest BCUT2D eigenvalue weighted by molar-refractivity contribution is 7.71. The molecular weight excluding hydrogens is 372 g/mol. The highest BCUT2D eigenvalue weighted by Crippen LogP contribution is 2.21. The van der Waals surface area contributed by atoms with Gasteiger partial charge in [0.05, 0.1) is 6.61 Å². The first kappa shape index (κ1) is 19.8. The Morgan fingerprint density at radius 1 is 1.18 bits per heavy atom. The number of amides is 1. The van der Waals surface area contributed by atoms with Gasteiger partial charge in [0.15, 0.2) is 10.6 Å². The molecule has 0 aliphatic carbocycles. The fraction of sp³-hybridized carbons (Fsp3) is 0.286. The first-order valence-electron chi connectivity index (χ1n) is 9.16. The van der Waals surface area contributed by atoms with E-state index in [1.54, 1.807) is 16.5 Å². The molecule has 28 heavy (non-hydrogen) atoms. The van der Waals surface area contributed by atoms with E-state index < -0.39 is 0 Å². The van der Waals surface area contributed by atoms with Gasteiger partial charge in [-0.15, -0.1) is 0 Å². The summed E-state index contributed by atoms with van der Waals surface area (Å²) in [5.41, 5.74) is 3.15. The number of aromatic nitrogens is 3. The molecule has 7 heteroatoms. The molecule has 1 amide bonds. The monoisotopic (exact) mass is 396 g/mol. The zero-order chi connectivity index (χ0) is 20.1. The zero-order valence-corrected chi connectivity index (χ0v) is 17.1. The van der Waals surface area contributed by atoms with Crippen LogP contribution in [0.1, 0.15) is 18.1 Å². The Labute approximate surface area is 169 Å². The Morgan fingerprint density at radius 3 is 2.50 bits per heavy atom. The molecule has 2 aromatic carbocycles. The van der Waals surface area contributed by atoms with E-state index in [-0.39, 0.29) is 12.5 Å². The van der Waals surface area contributed by atoms with Gasteiger partial charge in [0.1, 0.15) is 12.3 Å². The number of ether oxygens (including phenoxy) is 1. The van der Waals surface area contributed by atoms with Crippen molar-refractivity contribution in [2.75, 3.05) is 13.7 Å². The summed E-state index contributed by atoms with van der Waals surface area (Å²) in [5, 5.41) is 7.09. The number of carbonyl (C=O) groups excluding carboxylic acids is 1. The Morgan fingerprint density at radius 2 is 1.86 bits per heavy atom. The summed E-state index contributed by atoms with van der Waals surface area (Å²) in [6.45, 7) is 5.27. The molecular formula is C21H24N4O2S. The number of rotatable bonds is 7. The van der Waals surface area contributed by atoms with Crippen molar-refractivity contribution in [1.82, 2.24) is 19.7 Å². The second kappa shape index (κ2) is 8.84. The minimum Gasteiger partial charge on any atom is -0.494 e. The predicted molar refractivity (Wildman–Crippen MR) is 112 cm³/mol. The van der Waals surface area contributed by atoms with Gasteiger partial charge in [0, 0.05) is 19.2 Å². The van der Waals surface area contributed by atoms with Crippen molar-refractivity contribution >= 4 is 18.1 Å². The van der Waals surface area contributed by atoms with E-state index >= 15 is 0 Å². The molecule has 0 spiro atoms. The van der Waals surface area contributed by atoms with Crippen LogP contribution in [-0.2, 0) is 17.9 Å². The highest BCUT2D eigenvalue weighted by atomic mass is 32.1. The molecule has 0 atom stereocenters. The molecule has 1 aromatic heterocycles. The van der Waals surface area contributed by atoms with E-state index in [9.17, 15) is 4.79 Å². The van der Waals surface area contributed by atoms with Crippen LogP contribution < -0.4 is 4.74 Å². The fourth-order valence-electron chi connectivity index (χ4n) is 2.86. The number of likely N-dealkylation sites (N-methyl/N-ethyl adjacent to an activating group) is 1. The zero-order valence-electron chi connectivity index (χ0n) is 16.3. The Kier molecular flexibility index (Phi) is 6.26. The lowest BCUT2D eigenvalue weighted by molar-refractivity contribution is -0.131. The molecule has 0 radical (unpaired) electrons. The van der Waals surface area contributed by atoms with Crippen LogP contribution in [-0.4, -0.2) is 39.2 Å². The summed E-state index contributed by atoms with van der Waals surface area (Å²) in [4.78, 5) is 14.4. The lowest BCUT2D eigenvalue weighted by atomic mass is 10.1. The summed E-state index contributed by atoms with van der Waals surface area (Å²) in [6.07, 6.45) is 0. The molecule has 0 aliphatic rings. The average molecular weight is 397 g/mol. The van der Waals surface area contributed by atoms with Gasteiger partial charge in [0.2, 0.25) is 5.91 Å². The smallest absolute Gasteiger partial charge is 0.242 e. The van der Waals surface area contributed by atoms with Crippen LogP contribution in [0.3, 0.4) is 0 Å². The van der Waals surface area contributed by atoms with Crippen molar-refractivity contribution in [1.29, 1.82) is 0 Å². The fourth-order valence-corrected chi connectivity index (χ4v) is 3.06. The van der Waals surface area contributed by atoms with Gasteiger partial charge in [-0.2, -0.15) is 5.10 Å². The van der Waals surface area contributed by atoms with E-state index in [0.717, 1.165) is 16.9 Å². The van der Waals surface area contributed by atoms with Crippen LogP contribution in [0, 0.1) is 11.7 Å². The molecule has 0 bridgehead atoms. The summed E-state index contributed by atoms with van der Waals surface area (Å²) in [6, 6.07) is 15.7. The third-order valence-corrected chi connectivity index (χ3v) is 4.75. The lowest BCUT2D eigenvalue weighted by Gasteiger charge is -2.18. The van der Waals surface area contributed by atoms with Crippen molar-refractivity contribution < 1.29 is 9.53 Å². The maximum absolute atomic E-state index is 12.8. The Hall–Kier alpha value is -2.93. The summed E-state index contributed by atoms with van der Waals surface area (Å²) in [5.74, 6) is 1.39. The summed E-state index contributed by atoms with van der Waals surface area (Å²) >= 11 is 5.34. The number of hydrogen-bond acceptors (Lipinski definition) is 4. The molecule has 1 heterocycles. The Balaban J connectivity index is 1.75. The lowest BCUT2D eigenvalue weighted by Crippen LogP contribution is -2.30. The largest absolute Gasteiger partial charge is 0.494 e. The molecule has 6 nitrogen and oxygen atoms in total. The van der Waals surface area contributed by atoms with Gasteiger partial charge < -0.3 is 9.64 Å². The van der Waals surface area contributed by atoms with Gasteiger partial charge >= 0.3 is 0 Å². The van der Waals surface area contributed by atoms with E-state index in [4.69, 9.17) is 17.0 Å². The van der Waals surface area contributed by atoms with Crippen LogP contribution in [0.4, 0.5) is 0 Å². The van der Waals surface area contributed by atoms with Crippen LogP contribution >= 0.6 is 12.2 Å². The standard InChI is InChI=1S/C21H24N4O2S/c1-4-27-18-11-9-17(10-12-18)20-22-23-21(28)25(20)14-19(26)24(3)13-16-7-5-15(2)6-8-16/h5-12H,4,13-14H2,1-3H3,(H,23,28). The third-order valence-electron chi connectivity index (χ3n) is 4.44. The normalized spacial score (nSPS) is 10.7. The van der Waals surface area contributed by atoms with E-state index in [1.165, 1.54) is 5.56 Å². The number of aryl methyl sites for hydroxylation is 1. The van der Waals surface area contributed by atoms with Crippen molar-refractivity contribution in [2.45, 2.75) is 26.9 Å². The first-order valence-corrected chi connectivity index (χ1v) is 9.56. The molecule has 1 N–H and O–H groups in total. The number of carbonyl (C=O) groups is 1. The SMILES string of the molecule is CCOc1ccc(-c2n[nH]c(=S)n2CC(=O)N(C)Cc2ccc(C)cc2)cc1. The number of nitrogens with zero attached hydrogens (tertiary/aromatic N) is 3. The topological polar surface area (TPSA) is 63.1 Å². The molecule has 3 aromatic rings. The van der Waals surface area contributed by atoms with Gasteiger partial charge in [-0.05, 0) is 55.9 Å². The molecule has 0 fully saturated rings. The molecule has 0 unspecified atom stereocenters. The van der Waals surface area contributed by atoms with Gasteiger partial charge in [-0.25, -0.2) is 0 Å². The molecule has 0 saturated carbocycles. The van der Waals surface area contributed by atoms with E-state index in [2.05, 4.69) is 10.2 Å².